The number of rotatable bonds is 4. The van der Waals surface area contributed by atoms with E-state index in [1.807, 2.05) is 45.0 Å². The molecule has 5 nitrogen and oxygen atoms in total. The summed E-state index contributed by atoms with van der Waals surface area (Å²) in [5, 5.41) is 16.1. The van der Waals surface area contributed by atoms with Crippen LogP contribution in [0.1, 0.15) is 22.4 Å². The maximum atomic E-state index is 9.02. The van der Waals surface area contributed by atoms with Gasteiger partial charge < -0.3 is 10.6 Å². The van der Waals surface area contributed by atoms with Crippen LogP contribution in [0.2, 0.25) is 5.02 Å². The highest BCUT2D eigenvalue weighted by molar-refractivity contribution is 6.33. The minimum absolute atomic E-state index is 0.448. The van der Waals surface area contributed by atoms with Crippen molar-refractivity contribution in [3.8, 4) is 6.07 Å². The molecule has 0 spiro atoms. The molecule has 0 atom stereocenters. The minimum Gasteiger partial charge on any atom is -0.339 e. The van der Waals surface area contributed by atoms with Crippen LogP contribution in [0, 0.1) is 32.1 Å². The molecule has 1 aromatic heterocycles. The molecule has 0 amide bonds. The van der Waals surface area contributed by atoms with Gasteiger partial charge in [-0.2, -0.15) is 10.2 Å². The molecule has 130 valence electrons. The molecule has 1 heterocycles. The highest BCUT2D eigenvalue weighted by Crippen LogP contribution is 2.30. The predicted molar refractivity (Wildman–Crippen MR) is 105 cm³/mol. The molecule has 26 heavy (non-hydrogen) atoms. The van der Waals surface area contributed by atoms with E-state index in [1.165, 1.54) is 0 Å². The van der Waals surface area contributed by atoms with Gasteiger partial charge in [-0.25, -0.2) is 4.98 Å². The Morgan fingerprint density at radius 1 is 1.00 bits per heavy atom. The van der Waals surface area contributed by atoms with E-state index in [1.54, 1.807) is 12.1 Å². The zero-order valence-electron chi connectivity index (χ0n) is 14.8. The lowest BCUT2D eigenvalue weighted by Gasteiger charge is -2.14. The Kier molecular flexibility index (Phi) is 5.06. The normalized spacial score (nSPS) is 10.3. The Morgan fingerprint density at radius 2 is 1.81 bits per heavy atom. The molecule has 2 aromatic carbocycles. The fraction of sp³-hybridized carbons (Fsp3) is 0.150. The van der Waals surface area contributed by atoms with Gasteiger partial charge in [0.05, 0.1) is 22.3 Å². The van der Waals surface area contributed by atoms with Gasteiger partial charge in [0.15, 0.2) is 0 Å². The van der Waals surface area contributed by atoms with Crippen molar-refractivity contribution < 1.29 is 0 Å². The van der Waals surface area contributed by atoms with E-state index in [4.69, 9.17) is 16.9 Å². The third-order valence-electron chi connectivity index (χ3n) is 3.79. The summed E-state index contributed by atoms with van der Waals surface area (Å²) in [6.07, 6.45) is 0. The first kappa shape index (κ1) is 17.7. The Balaban J connectivity index is 1.90. The van der Waals surface area contributed by atoms with Crippen LogP contribution in [0.15, 0.2) is 42.5 Å². The van der Waals surface area contributed by atoms with Gasteiger partial charge in [0, 0.05) is 17.4 Å². The number of nitrogens with one attached hydrogen (secondary N) is 2. The van der Waals surface area contributed by atoms with Gasteiger partial charge in [0.1, 0.15) is 5.82 Å². The zero-order valence-corrected chi connectivity index (χ0v) is 15.5. The van der Waals surface area contributed by atoms with E-state index in [9.17, 15) is 0 Å². The quantitative estimate of drug-likeness (QED) is 0.647. The summed E-state index contributed by atoms with van der Waals surface area (Å²) in [6, 6.07) is 15.1. The van der Waals surface area contributed by atoms with Gasteiger partial charge >= 0.3 is 0 Å². The van der Waals surface area contributed by atoms with Crippen LogP contribution in [0.4, 0.5) is 23.1 Å². The van der Waals surface area contributed by atoms with Crippen molar-refractivity contribution in [2.75, 3.05) is 10.6 Å². The van der Waals surface area contributed by atoms with Crippen molar-refractivity contribution in [1.29, 1.82) is 5.26 Å². The third kappa shape index (κ3) is 4.11. The molecule has 0 bridgehead atoms. The number of benzene rings is 2. The van der Waals surface area contributed by atoms with Crippen molar-refractivity contribution in [2.45, 2.75) is 20.8 Å². The van der Waals surface area contributed by atoms with E-state index < -0.39 is 0 Å². The molecule has 3 aromatic rings. The molecule has 0 aliphatic heterocycles. The second-order valence-corrected chi connectivity index (χ2v) is 6.51. The first-order valence-corrected chi connectivity index (χ1v) is 8.49. The maximum Gasteiger partial charge on any atom is 0.229 e. The third-order valence-corrected chi connectivity index (χ3v) is 4.08. The van der Waals surface area contributed by atoms with Crippen molar-refractivity contribution in [3.05, 3.63) is 69.9 Å². The number of hydrogen-bond donors (Lipinski definition) is 2. The highest BCUT2D eigenvalue weighted by atomic mass is 35.5. The number of nitriles is 1. The van der Waals surface area contributed by atoms with Crippen molar-refractivity contribution in [1.82, 2.24) is 9.97 Å². The Labute approximate surface area is 157 Å². The number of halogens is 1. The molecule has 0 aliphatic rings. The molecule has 0 aliphatic carbocycles. The van der Waals surface area contributed by atoms with E-state index in [-0.39, 0.29) is 0 Å². The first-order valence-electron chi connectivity index (χ1n) is 8.11. The fourth-order valence-corrected chi connectivity index (χ4v) is 3.05. The summed E-state index contributed by atoms with van der Waals surface area (Å²) in [5.41, 5.74) is 5.11. The maximum absolute atomic E-state index is 9.02. The van der Waals surface area contributed by atoms with Gasteiger partial charge in [-0.3, -0.25) is 0 Å². The molecular weight excluding hydrogens is 346 g/mol. The van der Waals surface area contributed by atoms with E-state index in [2.05, 4.69) is 32.7 Å². The summed E-state index contributed by atoms with van der Waals surface area (Å²) < 4.78 is 0. The summed E-state index contributed by atoms with van der Waals surface area (Å²) in [4.78, 5) is 8.92. The lowest BCUT2D eigenvalue weighted by Crippen LogP contribution is -2.03. The van der Waals surface area contributed by atoms with Gasteiger partial charge in [-0.15, -0.1) is 0 Å². The summed E-state index contributed by atoms with van der Waals surface area (Å²) in [7, 11) is 0. The fourth-order valence-electron chi connectivity index (χ4n) is 2.69. The second-order valence-electron chi connectivity index (χ2n) is 6.10. The number of anilines is 4. The molecule has 0 saturated carbocycles. The monoisotopic (exact) mass is 363 g/mol. The van der Waals surface area contributed by atoms with Crippen LogP contribution in [-0.2, 0) is 0 Å². The van der Waals surface area contributed by atoms with E-state index in [0.29, 0.717) is 22.4 Å². The van der Waals surface area contributed by atoms with Gasteiger partial charge in [-0.1, -0.05) is 23.7 Å². The molecule has 0 unspecified atom stereocenters. The van der Waals surface area contributed by atoms with Crippen molar-refractivity contribution in [2.24, 2.45) is 0 Å². The summed E-state index contributed by atoms with van der Waals surface area (Å²) >= 11 is 6.38. The van der Waals surface area contributed by atoms with Crippen molar-refractivity contribution >= 4 is 34.7 Å². The number of nitrogens with zero attached hydrogens (tertiary/aromatic N) is 3. The van der Waals surface area contributed by atoms with Gasteiger partial charge in [-0.05, 0) is 56.2 Å². The molecular formula is C20H18ClN5. The Bertz CT molecular complexity index is 984. The van der Waals surface area contributed by atoms with Crippen LogP contribution in [0.25, 0.3) is 0 Å². The van der Waals surface area contributed by atoms with Gasteiger partial charge in [0.25, 0.3) is 0 Å². The number of hydrogen-bond acceptors (Lipinski definition) is 5. The van der Waals surface area contributed by atoms with E-state index in [0.717, 1.165) is 28.2 Å². The summed E-state index contributed by atoms with van der Waals surface area (Å²) in [6.45, 7) is 5.91. The SMILES string of the molecule is Cc1cc(C)c(Nc2cc(C)nc(Nc3cccc(C#N)c3)n2)c(Cl)c1. The molecule has 0 saturated heterocycles. The van der Waals surface area contributed by atoms with Crippen molar-refractivity contribution in [3.63, 3.8) is 0 Å². The number of aryl methyl sites for hydroxylation is 3. The molecule has 3 rings (SSSR count). The molecule has 2 N–H and O–H groups in total. The second kappa shape index (κ2) is 7.42. The first-order chi connectivity index (χ1) is 12.4. The Hall–Kier alpha value is -3.10. The van der Waals surface area contributed by atoms with Crippen LogP contribution >= 0.6 is 11.6 Å². The minimum atomic E-state index is 0.448. The van der Waals surface area contributed by atoms with Crippen LogP contribution in [0.3, 0.4) is 0 Å². The lowest BCUT2D eigenvalue weighted by molar-refractivity contribution is 1.11. The molecule has 0 radical (unpaired) electrons. The number of aromatic nitrogens is 2. The summed E-state index contributed by atoms with van der Waals surface area (Å²) in [5.74, 6) is 1.09. The lowest BCUT2D eigenvalue weighted by atomic mass is 10.1. The van der Waals surface area contributed by atoms with Crippen LogP contribution in [0.5, 0.6) is 0 Å². The highest BCUT2D eigenvalue weighted by Gasteiger charge is 2.09. The standard InChI is InChI=1S/C20H18ClN5/c1-12-7-13(2)19(17(21)8-12)25-18-9-14(3)23-20(26-18)24-16-6-4-5-15(10-16)11-22/h4-10H,1-3H3,(H2,23,24,25,26). The Morgan fingerprint density at radius 3 is 2.54 bits per heavy atom. The van der Waals surface area contributed by atoms with Crippen LogP contribution in [-0.4, -0.2) is 9.97 Å². The molecule has 6 heteroatoms. The van der Waals surface area contributed by atoms with E-state index >= 15 is 0 Å². The average Bonchev–Trinajstić information content (AvgIpc) is 2.58. The van der Waals surface area contributed by atoms with Crippen LogP contribution < -0.4 is 10.6 Å². The zero-order chi connectivity index (χ0) is 18.7. The average molecular weight is 364 g/mol. The molecule has 0 fully saturated rings. The largest absolute Gasteiger partial charge is 0.339 e. The topological polar surface area (TPSA) is 73.6 Å². The smallest absolute Gasteiger partial charge is 0.229 e. The predicted octanol–water partition coefficient (Wildman–Crippen LogP) is 5.41. The van der Waals surface area contributed by atoms with Gasteiger partial charge in [0.2, 0.25) is 5.95 Å².